The van der Waals surface area contributed by atoms with Gasteiger partial charge in [-0.05, 0) is 12.1 Å². The number of hydrogen-bond acceptors (Lipinski definition) is 1. The Kier molecular flexibility index (Phi) is 2.87. The molecule has 0 saturated carbocycles. The topological polar surface area (TPSA) is 28.1 Å². The first-order valence-electron chi connectivity index (χ1n) is 3.69. The summed E-state index contributed by atoms with van der Waals surface area (Å²) >= 11 is 0. The molecule has 1 aromatic rings. The van der Waals surface area contributed by atoms with Crippen molar-refractivity contribution in [2.45, 2.75) is 13.5 Å². The lowest BCUT2D eigenvalue weighted by Gasteiger charge is -1.88. The Balaban J connectivity index is 2.86. The fraction of sp³-hybridized carbons (Fsp3) is 0.200. The van der Waals surface area contributed by atoms with Crippen molar-refractivity contribution in [3.8, 4) is 12.1 Å². The van der Waals surface area contributed by atoms with Crippen LogP contribution in [0.3, 0.4) is 0 Å². The van der Waals surface area contributed by atoms with Crippen LogP contribution in [0.4, 0.5) is 0 Å². The van der Waals surface area contributed by atoms with Crippen LogP contribution in [0.1, 0.15) is 18.1 Å². The quantitative estimate of drug-likeness (QED) is 0.615. The Labute approximate surface area is 71.9 Å². The third-order valence-electron chi connectivity index (χ3n) is 1.48. The standard InChI is InChI=1S/C10H9N2/c1-2-12-8-10-5-3-4-9(6-10)7-11/h3-6H,8H2,1H3/q+1. The summed E-state index contributed by atoms with van der Waals surface area (Å²) in [6.45, 7) is 2.36. The van der Waals surface area contributed by atoms with Crippen LogP contribution < -0.4 is 0 Å². The summed E-state index contributed by atoms with van der Waals surface area (Å²) in [5.41, 5.74) is 1.72. The van der Waals surface area contributed by atoms with E-state index in [1.54, 1.807) is 13.0 Å². The predicted molar refractivity (Wildman–Crippen MR) is 47.8 cm³/mol. The van der Waals surface area contributed by atoms with Crippen LogP contribution in [0.15, 0.2) is 24.3 Å². The monoisotopic (exact) mass is 157 g/mol. The van der Waals surface area contributed by atoms with Crippen LogP contribution in [-0.4, -0.2) is 0 Å². The molecule has 0 saturated heterocycles. The van der Waals surface area contributed by atoms with E-state index in [0.717, 1.165) is 5.56 Å². The largest absolute Gasteiger partial charge is 0.288 e. The molecule has 1 aromatic carbocycles. The molecule has 2 nitrogen and oxygen atoms in total. The van der Waals surface area contributed by atoms with Crippen LogP contribution in [0.25, 0.3) is 4.85 Å². The highest BCUT2D eigenvalue weighted by atomic mass is 14.6. The van der Waals surface area contributed by atoms with Crippen molar-refractivity contribution < 1.29 is 0 Å². The highest BCUT2D eigenvalue weighted by Gasteiger charge is 1.97. The number of benzene rings is 1. The Morgan fingerprint density at radius 3 is 3.00 bits per heavy atom. The molecule has 0 heterocycles. The zero-order valence-electron chi connectivity index (χ0n) is 6.91. The average Bonchev–Trinajstić information content (AvgIpc) is 2.15. The van der Waals surface area contributed by atoms with Gasteiger partial charge in [0.1, 0.15) is 0 Å². The Bertz CT molecular complexity index is 363. The van der Waals surface area contributed by atoms with Gasteiger partial charge in [0.25, 0.3) is 12.6 Å². The third-order valence-corrected chi connectivity index (χ3v) is 1.48. The van der Waals surface area contributed by atoms with E-state index in [4.69, 9.17) is 5.26 Å². The Hall–Kier alpha value is -1.80. The molecule has 0 amide bonds. The van der Waals surface area contributed by atoms with Gasteiger partial charge >= 0.3 is 0 Å². The molecular weight excluding hydrogens is 148 g/mol. The molecule has 0 unspecified atom stereocenters. The maximum Gasteiger partial charge on any atom is 0.288 e. The maximum atomic E-state index is 8.59. The van der Waals surface area contributed by atoms with Gasteiger partial charge in [-0.3, -0.25) is 0 Å². The summed E-state index contributed by atoms with van der Waals surface area (Å²) in [7, 11) is 0. The second-order valence-electron chi connectivity index (χ2n) is 2.35. The van der Waals surface area contributed by atoms with Crippen molar-refractivity contribution in [3.05, 3.63) is 40.2 Å². The molecule has 0 bridgehead atoms. The summed E-state index contributed by atoms with van der Waals surface area (Å²) in [6.07, 6.45) is 0. The van der Waals surface area contributed by atoms with Crippen LogP contribution in [0.5, 0.6) is 0 Å². The van der Waals surface area contributed by atoms with Crippen molar-refractivity contribution in [1.82, 2.24) is 0 Å². The van der Waals surface area contributed by atoms with Crippen molar-refractivity contribution in [2.24, 2.45) is 0 Å². The summed E-state index contributed by atoms with van der Waals surface area (Å²) in [4.78, 5) is 3.96. The van der Waals surface area contributed by atoms with E-state index < -0.39 is 0 Å². The van der Waals surface area contributed by atoms with E-state index in [0.29, 0.717) is 12.1 Å². The van der Waals surface area contributed by atoms with Crippen molar-refractivity contribution in [3.63, 3.8) is 0 Å². The van der Waals surface area contributed by atoms with Crippen LogP contribution in [-0.2, 0) is 6.54 Å². The first-order valence-corrected chi connectivity index (χ1v) is 3.69. The minimum atomic E-state index is 0.603. The van der Waals surface area contributed by atoms with Gasteiger partial charge in [-0.25, -0.2) is 0 Å². The Morgan fingerprint density at radius 1 is 1.50 bits per heavy atom. The molecule has 2 heteroatoms. The summed E-state index contributed by atoms with van der Waals surface area (Å²) < 4.78 is 0. The zero-order valence-corrected chi connectivity index (χ0v) is 6.91. The van der Waals surface area contributed by atoms with Crippen LogP contribution in [0, 0.1) is 17.4 Å². The molecule has 0 aromatic heterocycles. The zero-order chi connectivity index (χ0) is 8.81. The summed E-state index contributed by atoms with van der Waals surface area (Å²) in [5.74, 6) is 0. The first kappa shape index (κ1) is 8.30. The van der Waals surface area contributed by atoms with Gasteiger partial charge in [0.15, 0.2) is 0 Å². The van der Waals surface area contributed by atoms with E-state index >= 15 is 0 Å². The van der Waals surface area contributed by atoms with Crippen molar-refractivity contribution in [2.75, 3.05) is 0 Å². The van der Waals surface area contributed by atoms with Gasteiger partial charge in [-0.15, -0.1) is 0 Å². The normalized spacial score (nSPS) is 8.00. The molecule has 0 atom stereocenters. The average molecular weight is 157 g/mol. The molecule has 1 rings (SSSR count). The smallest absolute Gasteiger partial charge is 0.192 e. The molecule has 0 spiro atoms. The predicted octanol–water partition coefficient (Wildman–Crippen LogP) is 2.41. The molecular formula is C10H9N2+. The molecule has 0 aliphatic rings. The molecule has 0 fully saturated rings. The van der Waals surface area contributed by atoms with Crippen LogP contribution in [0.2, 0.25) is 0 Å². The Morgan fingerprint density at radius 2 is 2.33 bits per heavy atom. The van der Waals surface area contributed by atoms with Gasteiger partial charge in [0, 0.05) is 5.56 Å². The second-order valence-corrected chi connectivity index (χ2v) is 2.35. The van der Waals surface area contributed by atoms with Crippen molar-refractivity contribution in [1.29, 1.82) is 5.26 Å². The number of rotatable bonds is 1. The molecule has 0 aliphatic carbocycles. The highest BCUT2D eigenvalue weighted by molar-refractivity contribution is 5.33. The van der Waals surface area contributed by atoms with E-state index in [9.17, 15) is 0 Å². The number of nitrogens with zero attached hydrogens (tertiary/aromatic N) is 2. The number of hydrogen-bond donors (Lipinski definition) is 0. The fourth-order valence-electron chi connectivity index (χ4n) is 0.910. The van der Waals surface area contributed by atoms with E-state index in [1.165, 1.54) is 0 Å². The lowest BCUT2D eigenvalue weighted by Crippen LogP contribution is -1.80. The lowest BCUT2D eigenvalue weighted by atomic mass is 10.1. The van der Waals surface area contributed by atoms with Crippen molar-refractivity contribution >= 4 is 0 Å². The van der Waals surface area contributed by atoms with Gasteiger partial charge in [-0.2, -0.15) is 5.26 Å². The summed E-state index contributed by atoms with van der Waals surface area (Å²) in [5, 5.41) is 8.59. The highest BCUT2D eigenvalue weighted by Crippen LogP contribution is 2.04. The minimum Gasteiger partial charge on any atom is -0.192 e. The molecule has 0 radical (unpaired) electrons. The molecule has 0 N–H and O–H groups in total. The molecule has 0 aliphatic heterocycles. The third kappa shape index (κ3) is 2.11. The van der Waals surface area contributed by atoms with Gasteiger partial charge in [-0.1, -0.05) is 17.0 Å². The molecule has 58 valence electrons. The maximum absolute atomic E-state index is 8.59. The van der Waals surface area contributed by atoms with E-state index in [1.807, 2.05) is 18.2 Å². The lowest BCUT2D eigenvalue weighted by molar-refractivity contribution is 1.26. The number of nitriles is 1. The summed E-state index contributed by atoms with van der Waals surface area (Å²) in [6, 6.07) is 12.2. The van der Waals surface area contributed by atoms with Gasteiger partial charge in [0.2, 0.25) is 0 Å². The first-order chi connectivity index (χ1) is 5.86. The fourth-order valence-corrected chi connectivity index (χ4v) is 0.910. The van der Waals surface area contributed by atoms with Gasteiger partial charge < -0.3 is 0 Å². The van der Waals surface area contributed by atoms with E-state index in [2.05, 4.69) is 17.0 Å². The van der Waals surface area contributed by atoms with Crippen LogP contribution >= 0.6 is 0 Å². The SMILES string of the molecule is CC#[N+]Cc1cccc(C#N)c1. The van der Waals surface area contributed by atoms with E-state index in [-0.39, 0.29) is 0 Å². The van der Waals surface area contributed by atoms with Gasteiger partial charge in [0.05, 0.1) is 18.6 Å². The molecule has 12 heavy (non-hydrogen) atoms. The minimum absolute atomic E-state index is 0.603. The second kappa shape index (κ2) is 4.16.